The summed E-state index contributed by atoms with van der Waals surface area (Å²) in [7, 11) is 0. The fraction of sp³-hybridized carbons (Fsp3) is 0.280. The van der Waals surface area contributed by atoms with Gasteiger partial charge in [-0.1, -0.05) is 12.1 Å². The quantitative estimate of drug-likeness (QED) is 0.484. The average molecular weight is 515 g/mol. The number of aromatic nitrogens is 2. The molecule has 1 aliphatic heterocycles. The number of ether oxygens (including phenoxy) is 2. The van der Waals surface area contributed by atoms with E-state index in [1.54, 1.807) is 35.5 Å². The van der Waals surface area contributed by atoms with Gasteiger partial charge in [0.2, 0.25) is 0 Å². The number of nitrogens with zero attached hydrogens (tertiary/aromatic N) is 3. The number of hydrogen-bond acceptors (Lipinski definition) is 6. The molecule has 0 saturated carbocycles. The lowest BCUT2D eigenvalue weighted by molar-refractivity contribution is -0.274. The molecule has 2 aromatic heterocycles. The summed E-state index contributed by atoms with van der Waals surface area (Å²) in [6.45, 7) is 1.07. The maximum absolute atomic E-state index is 12.7. The van der Waals surface area contributed by atoms with Crippen LogP contribution in [0.4, 0.5) is 23.7 Å². The Morgan fingerprint density at radius 3 is 2.54 bits per heavy atom. The molecule has 0 aliphatic carbocycles. The van der Waals surface area contributed by atoms with Gasteiger partial charge in [-0.2, -0.15) is 0 Å². The molecule has 1 saturated heterocycles. The van der Waals surface area contributed by atoms with Crippen molar-refractivity contribution in [3.8, 4) is 11.5 Å². The number of carbonyl (C=O) groups is 2. The molecule has 3 amide bonds. The van der Waals surface area contributed by atoms with Gasteiger partial charge in [0.1, 0.15) is 23.3 Å². The Balaban J connectivity index is 1.25. The highest BCUT2D eigenvalue weighted by Gasteiger charge is 2.31. The topological polar surface area (TPSA) is 106 Å². The van der Waals surface area contributed by atoms with E-state index >= 15 is 0 Å². The van der Waals surface area contributed by atoms with Crippen LogP contribution in [0.1, 0.15) is 28.9 Å². The second kappa shape index (κ2) is 11.6. The van der Waals surface area contributed by atoms with Crippen LogP contribution < -0.4 is 20.1 Å². The van der Waals surface area contributed by atoms with E-state index in [9.17, 15) is 22.8 Å². The number of urea groups is 1. The Bertz CT molecular complexity index is 1220. The van der Waals surface area contributed by atoms with Gasteiger partial charge in [0, 0.05) is 62.8 Å². The molecule has 12 heteroatoms. The molecule has 37 heavy (non-hydrogen) atoms. The van der Waals surface area contributed by atoms with Crippen molar-refractivity contribution in [1.29, 1.82) is 0 Å². The lowest BCUT2D eigenvalue weighted by Crippen LogP contribution is -2.43. The number of hydrogen-bond donors (Lipinski definition) is 2. The first-order chi connectivity index (χ1) is 17.7. The van der Waals surface area contributed by atoms with E-state index < -0.39 is 6.36 Å². The Labute approximate surface area is 210 Å². The molecule has 194 valence electrons. The monoisotopic (exact) mass is 515 g/mol. The van der Waals surface area contributed by atoms with Crippen molar-refractivity contribution in [2.45, 2.75) is 31.9 Å². The van der Waals surface area contributed by atoms with Gasteiger partial charge in [-0.3, -0.25) is 14.8 Å². The molecular formula is C25H24F3N5O4. The van der Waals surface area contributed by atoms with Gasteiger partial charge in [0.15, 0.2) is 0 Å². The zero-order valence-electron chi connectivity index (χ0n) is 19.6. The molecule has 0 radical (unpaired) electrons. The van der Waals surface area contributed by atoms with Gasteiger partial charge in [0.05, 0.1) is 0 Å². The fourth-order valence-electron chi connectivity index (χ4n) is 3.72. The van der Waals surface area contributed by atoms with Crippen LogP contribution in [0.3, 0.4) is 0 Å². The summed E-state index contributed by atoms with van der Waals surface area (Å²) in [4.78, 5) is 34.8. The Morgan fingerprint density at radius 2 is 1.81 bits per heavy atom. The van der Waals surface area contributed by atoms with E-state index in [0.29, 0.717) is 38.2 Å². The first-order valence-corrected chi connectivity index (χ1v) is 11.5. The maximum atomic E-state index is 12.7. The van der Waals surface area contributed by atoms with E-state index in [-0.39, 0.29) is 35.2 Å². The first-order valence-electron chi connectivity index (χ1n) is 11.5. The first kappa shape index (κ1) is 25.7. The van der Waals surface area contributed by atoms with Gasteiger partial charge >= 0.3 is 12.4 Å². The van der Waals surface area contributed by atoms with Gasteiger partial charge < -0.3 is 25.0 Å². The summed E-state index contributed by atoms with van der Waals surface area (Å²) >= 11 is 0. The van der Waals surface area contributed by atoms with Crippen molar-refractivity contribution in [2.75, 3.05) is 18.4 Å². The SMILES string of the molecule is O=C(NCc1cccnc1)c1cc(NC(=O)N2CCC(Oc3cccc(OC(F)(F)F)c3)CC2)ccn1. The fourth-order valence-corrected chi connectivity index (χ4v) is 3.72. The molecule has 0 bridgehead atoms. The van der Waals surface area contributed by atoms with E-state index in [1.165, 1.54) is 30.5 Å². The third-order valence-corrected chi connectivity index (χ3v) is 5.49. The highest BCUT2D eigenvalue weighted by atomic mass is 19.4. The van der Waals surface area contributed by atoms with Crippen LogP contribution in [-0.2, 0) is 6.54 Å². The molecule has 1 fully saturated rings. The van der Waals surface area contributed by atoms with Crippen molar-refractivity contribution < 1.29 is 32.2 Å². The molecule has 3 heterocycles. The molecule has 0 unspecified atom stereocenters. The Hall–Kier alpha value is -4.35. The zero-order valence-corrected chi connectivity index (χ0v) is 19.6. The molecule has 4 rings (SSSR count). The summed E-state index contributed by atoms with van der Waals surface area (Å²) < 4.78 is 47.0. The van der Waals surface area contributed by atoms with E-state index in [1.807, 2.05) is 6.07 Å². The standard InChI is InChI=1S/C25H24F3N5O4/c26-25(27,28)37-21-5-1-4-20(14-21)36-19-7-11-33(12-8-19)24(35)32-18-6-10-30-22(13-18)23(34)31-16-17-3-2-9-29-15-17/h1-6,9-10,13-15,19H,7-8,11-12,16H2,(H,31,34)(H,30,32,35). The third kappa shape index (κ3) is 7.82. The van der Waals surface area contributed by atoms with E-state index in [4.69, 9.17) is 4.74 Å². The van der Waals surface area contributed by atoms with Gasteiger partial charge in [-0.05, 0) is 35.9 Å². The number of pyridine rings is 2. The molecule has 2 N–H and O–H groups in total. The van der Waals surface area contributed by atoms with Crippen molar-refractivity contribution in [3.05, 3.63) is 78.4 Å². The largest absolute Gasteiger partial charge is 0.573 e. The minimum atomic E-state index is -4.78. The number of benzene rings is 1. The average Bonchev–Trinajstić information content (AvgIpc) is 2.87. The molecule has 0 atom stereocenters. The van der Waals surface area contributed by atoms with Crippen LogP contribution in [0, 0.1) is 0 Å². The van der Waals surface area contributed by atoms with Crippen LogP contribution >= 0.6 is 0 Å². The van der Waals surface area contributed by atoms with Crippen LogP contribution in [-0.4, -0.2) is 52.4 Å². The highest BCUT2D eigenvalue weighted by Crippen LogP contribution is 2.28. The number of nitrogens with one attached hydrogen (secondary N) is 2. The zero-order chi connectivity index (χ0) is 26.3. The minimum absolute atomic E-state index is 0.158. The van der Waals surface area contributed by atoms with Gasteiger partial charge in [-0.15, -0.1) is 13.2 Å². The summed E-state index contributed by atoms with van der Waals surface area (Å²) in [5, 5.41) is 5.52. The third-order valence-electron chi connectivity index (χ3n) is 5.49. The number of piperidine rings is 1. The number of rotatable bonds is 7. The van der Waals surface area contributed by atoms with Crippen LogP contribution in [0.25, 0.3) is 0 Å². The van der Waals surface area contributed by atoms with E-state index in [0.717, 1.165) is 5.56 Å². The van der Waals surface area contributed by atoms with E-state index in [2.05, 4.69) is 25.3 Å². The second-order valence-corrected chi connectivity index (χ2v) is 8.23. The Kier molecular flexibility index (Phi) is 8.06. The number of alkyl halides is 3. The summed E-state index contributed by atoms with van der Waals surface area (Å²) in [6.07, 6.45) is 0.678. The predicted molar refractivity (Wildman–Crippen MR) is 127 cm³/mol. The minimum Gasteiger partial charge on any atom is -0.490 e. The molecule has 3 aromatic rings. The highest BCUT2D eigenvalue weighted by molar-refractivity contribution is 5.95. The van der Waals surface area contributed by atoms with Crippen molar-refractivity contribution in [2.24, 2.45) is 0 Å². The molecule has 9 nitrogen and oxygen atoms in total. The van der Waals surface area contributed by atoms with Gasteiger partial charge in [-0.25, -0.2) is 4.79 Å². The number of carbonyl (C=O) groups excluding carboxylic acids is 2. The maximum Gasteiger partial charge on any atom is 0.573 e. The second-order valence-electron chi connectivity index (χ2n) is 8.23. The molecular weight excluding hydrogens is 491 g/mol. The van der Waals surface area contributed by atoms with Crippen molar-refractivity contribution in [1.82, 2.24) is 20.2 Å². The predicted octanol–water partition coefficient (Wildman–Crippen LogP) is 4.38. The lowest BCUT2D eigenvalue weighted by Gasteiger charge is -2.32. The van der Waals surface area contributed by atoms with Crippen LogP contribution in [0.5, 0.6) is 11.5 Å². The Morgan fingerprint density at radius 1 is 1.03 bits per heavy atom. The summed E-state index contributed by atoms with van der Waals surface area (Å²) in [5.41, 5.74) is 1.42. The number of anilines is 1. The summed E-state index contributed by atoms with van der Waals surface area (Å²) in [6, 6.07) is 11.7. The summed E-state index contributed by atoms with van der Waals surface area (Å²) in [5.74, 6) is -0.484. The molecule has 1 aliphatic rings. The van der Waals surface area contributed by atoms with Crippen molar-refractivity contribution >= 4 is 17.6 Å². The number of amides is 3. The smallest absolute Gasteiger partial charge is 0.490 e. The van der Waals surface area contributed by atoms with Crippen molar-refractivity contribution in [3.63, 3.8) is 0 Å². The van der Waals surface area contributed by atoms with Crippen LogP contribution in [0.2, 0.25) is 0 Å². The normalized spacial score (nSPS) is 14.1. The molecule has 0 spiro atoms. The number of likely N-dealkylation sites (tertiary alicyclic amines) is 1. The lowest BCUT2D eigenvalue weighted by atomic mass is 10.1. The molecule has 1 aromatic carbocycles. The number of halogens is 3. The van der Waals surface area contributed by atoms with Gasteiger partial charge in [0.25, 0.3) is 5.91 Å². The van der Waals surface area contributed by atoms with Crippen LogP contribution in [0.15, 0.2) is 67.1 Å².